The highest BCUT2D eigenvalue weighted by Crippen LogP contribution is 2.28. The molecular weight excluding hydrogens is 434 g/mol. The molecule has 2 atom stereocenters. The largest absolute Gasteiger partial charge is 0.504 e. The fraction of sp³-hybridized carbons (Fsp3) is 0.318. The number of benzene rings is 2. The Hall–Kier alpha value is -3.99. The Morgan fingerprint density at radius 2 is 1.27 bits per heavy atom. The predicted molar refractivity (Wildman–Crippen MR) is 117 cm³/mol. The van der Waals surface area contributed by atoms with Crippen LogP contribution in [0.3, 0.4) is 0 Å². The molecule has 0 unspecified atom stereocenters. The van der Waals surface area contributed by atoms with Crippen molar-refractivity contribution in [3.8, 4) is 23.0 Å². The summed E-state index contributed by atoms with van der Waals surface area (Å²) < 4.78 is 0. The lowest BCUT2D eigenvalue weighted by atomic mass is 10.1. The van der Waals surface area contributed by atoms with E-state index < -0.39 is 52.9 Å². The van der Waals surface area contributed by atoms with Crippen molar-refractivity contribution < 1.29 is 39.9 Å². The van der Waals surface area contributed by atoms with E-state index in [4.69, 9.17) is 0 Å². The maximum absolute atomic E-state index is 12.4. The maximum atomic E-state index is 12.4. The van der Waals surface area contributed by atoms with Gasteiger partial charge in [0.1, 0.15) is 6.04 Å². The molecule has 0 saturated carbocycles. The Bertz CT molecular complexity index is 1010. The van der Waals surface area contributed by atoms with E-state index in [9.17, 15) is 39.9 Å². The average Bonchev–Trinajstić information content (AvgIpc) is 2.77. The van der Waals surface area contributed by atoms with Crippen LogP contribution in [0.4, 0.5) is 0 Å². The first kappa shape index (κ1) is 25.3. The van der Waals surface area contributed by atoms with Gasteiger partial charge in [0, 0.05) is 13.1 Å². The van der Waals surface area contributed by atoms with Crippen molar-refractivity contribution in [2.45, 2.75) is 31.9 Å². The summed E-state index contributed by atoms with van der Waals surface area (Å²) in [5.41, 5.74) is -0.307. The number of carbonyl (C=O) groups is 3. The highest BCUT2D eigenvalue weighted by molar-refractivity contribution is 6.00. The van der Waals surface area contributed by atoms with Crippen LogP contribution in [0.25, 0.3) is 0 Å². The van der Waals surface area contributed by atoms with Crippen LogP contribution in [0.2, 0.25) is 0 Å². The molecule has 178 valence electrons. The molecule has 2 rings (SSSR count). The summed E-state index contributed by atoms with van der Waals surface area (Å²) in [6.07, 6.45) is -0.289. The number of carbonyl (C=O) groups excluding carboxylic acids is 3. The molecule has 0 radical (unpaired) electrons. The molecule has 33 heavy (non-hydrogen) atoms. The molecular formula is C22H27N3O8. The van der Waals surface area contributed by atoms with Gasteiger partial charge in [-0.05, 0) is 44.0 Å². The minimum atomic E-state index is -1.30. The fourth-order valence-corrected chi connectivity index (χ4v) is 2.92. The highest BCUT2D eigenvalue weighted by atomic mass is 16.3. The number of hydrogen-bond donors (Lipinski definition) is 8. The molecule has 0 aromatic heterocycles. The van der Waals surface area contributed by atoms with Gasteiger partial charge in [0.15, 0.2) is 23.0 Å². The molecule has 0 aliphatic carbocycles. The molecule has 11 heteroatoms. The van der Waals surface area contributed by atoms with Gasteiger partial charge < -0.3 is 41.5 Å². The summed E-state index contributed by atoms with van der Waals surface area (Å²) in [4.78, 5) is 36.7. The van der Waals surface area contributed by atoms with Crippen LogP contribution in [-0.2, 0) is 4.79 Å². The van der Waals surface area contributed by atoms with Gasteiger partial charge in [-0.25, -0.2) is 0 Å². The van der Waals surface area contributed by atoms with E-state index in [0.717, 1.165) is 0 Å². The number of para-hydroxylation sites is 2. The zero-order valence-corrected chi connectivity index (χ0v) is 17.9. The number of unbranched alkanes of at least 4 members (excludes halogenated alkanes) is 1. The Morgan fingerprint density at radius 3 is 1.79 bits per heavy atom. The van der Waals surface area contributed by atoms with E-state index >= 15 is 0 Å². The van der Waals surface area contributed by atoms with Gasteiger partial charge in [0.2, 0.25) is 5.91 Å². The van der Waals surface area contributed by atoms with Crippen molar-refractivity contribution in [2.24, 2.45) is 0 Å². The van der Waals surface area contributed by atoms with Crippen molar-refractivity contribution in [1.82, 2.24) is 16.0 Å². The standard InChI is InChI=1S/C22H27N3O8/c1-12(26)17(25-21(32)14-7-5-9-16(28)19(14)30)22(33)24-11-3-2-10-23-20(31)13-6-4-8-15(27)18(13)29/h4-9,12,17,26-30H,2-3,10-11H2,1H3,(H,23,31)(H,24,33)(H,25,32)/t12-,17+/m1/s1. The lowest BCUT2D eigenvalue weighted by Crippen LogP contribution is -2.52. The number of phenolic OH excluding ortho intramolecular Hbond substituents is 4. The summed E-state index contributed by atoms with van der Waals surface area (Å²) in [5.74, 6) is -4.08. The molecule has 0 saturated heterocycles. The van der Waals surface area contributed by atoms with Crippen LogP contribution < -0.4 is 16.0 Å². The first-order valence-electron chi connectivity index (χ1n) is 10.2. The Balaban J connectivity index is 1.78. The first-order valence-corrected chi connectivity index (χ1v) is 10.2. The van der Waals surface area contributed by atoms with Crippen molar-refractivity contribution >= 4 is 17.7 Å². The smallest absolute Gasteiger partial charge is 0.255 e. The van der Waals surface area contributed by atoms with E-state index in [1.165, 1.54) is 43.3 Å². The monoisotopic (exact) mass is 461 g/mol. The molecule has 8 N–H and O–H groups in total. The fourth-order valence-electron chi connectivity index (χ4n) is 2.92. The molecule has 11 nitrogen and oxygen atoms in total. The van der Waals surface area contributed by atoms with Crippen LogP contribution in [-0.4, -0.2) is 68.5 Å². The van der Waals surface area contributed by atoms with E-state index in [0.29, 0.717) is 12.8 Å². The molecule has 0 aliphatic rings. The van der Waals surface area contributed by atoms with E-state index in [2.05, 4.69) is 16.0 Å². The highest BCUT2D eigenvalue weighted by Gasteiger charge is 2.27. The summed E-state index contributed by atoms with van der Waals surface area (Å²) in [7, 11) is 0. The third-order valence-electron chi connectivity index (χ3n) is 4.76. The Morgan fingerprint density at radius 1 is 0.788 bits per heavy atom. The van der Waals surface area contributed by atoms with E-state index in [-0.39, 0.29) is 24.2 Å². The number of rotatable bonds is 10. The summed E-state index contributed by atoms with van der Waals surface area (Å²) in [6, 6.07) is 6.55. The summed E-state index contributed by atoms with van der Waals surface area (Å²) in [6.45, 7) is 1.76. The zero-order valence-electron chi connectivity index (χ0n) is 17.9. The minimum absolute atomic E-state index is 0.0587. The number of phenols is 4. The van der Waals surface area contributed by atoms with Crippen molar-refractivity contribution in [3.63, 3.8) is 0 Å². The van der Waals surface area contributed by atoms with Crippen LogP contribution >= 0.6 is 0 Å². The van der Waals surface area contributed by atoms with Gasteiger partial charge in [-0.2, -0.15) is 0 Å². The van der Waals surface area contributed by atoms with Crippen molar-refractivity contribution in [2.75, 3.05) is 13.1 Å². The molecule has 0 heterocycles. The Kier molecular flexibility index (Phi) is 8.87. The number of aliphatic hydroxyl groups is 1. The number of aliphatic hydroxyl groups excluding tert-OH is 1. The van der Waals surface area contributed by atoms with Crippen LogP contribution in [0.15, 0.2) is 36.4 Å². The lowest BCUT2D eigenvalue weighted by molar-refractivity contribution is -0.125. The normalized spacial score (nSPS) is 12.4. The average molecular weight is 461 g/mol. The summed E-state index contributed by atoms with van der Waals surface area (Å²) >= 11 is 0. The van der Waals surface area contributed by atoms with Gasteiger partial charge in [0.05, 0.1) is 17.2 Å². The molecule has 0 fully saturated rings. The van der Waals surface area contributed by atoms with Gasteiger partial charge >= 0.3 is 0 Å². The van der Waals surface area contributed by atoms with Crippen molar-refractivity contribution in [3.05, 3.63) is 47.5 Å². The molecule has 2 aromatic rings. The topological polar surface area (TPSA) is 188 Å². The van der Waals surface area contributed by atoms with Crippen LogP contribution in [0, 0.1) is 0 Å². The van der Waals surface area contributed by atoms with Gasteiger partial charge in [-0.15, -0.1) is 0 Å². The number of nitrogens with one attached hydrogen (secondary N) is 3. The van der Waals surface area contributed by atoms with Crippen LogP contribution in [0.5, 0.6) is 23.0 Å². The second kappa shape index (κ2) is 11.6. The van der Waals surface area contributed by atoms with E-state index in [1.54, 1.807) is 0 Å². The van der Waals surface area contributed by atoms with Crippen LogP contribution in [0.1, 0.15) is 40.5 Å². The SMILES string of the molecule is C[C@@H](O)[C@H](NC(=O)c1cccc(O)c1O)C(=O)NCCCCNC(=O)c1cccc(O)c1O. The van der Waals surface area contributed by atoms with Crippen molar-refractivity contribution in [1.29, 1.82) is 0 Å². The first-order chi connectivity index (χ1) is 15.6. The maximum Gasteiger partial charge on any atom is 0.255 e. The number of aromatic hydroxyl groups is 4. The second-order valence-corrected chi connectivity index (χ2v) is 7.29. The number of amides is 3. The molecule has 2 aromatic carbocycles. The lowest BCUT2D eigenvalue weighted by Gasteiger charge is -2.21. The minimum Gasteiger partial charge on any atom is -0.504 e. The third kappa shape index (κ3) is 6.74. The Labute approximate surface area is 189 Å². The molecule has 0 aliphatic heterocycles. The second-order valence-electron chi connectivity index (χ2n) is 7.29. The van der Waals surface area contributed by atoms with Gasteiger partial charge in [0.25, 0.3) is 11.8 Å². The molecule has 3 amide bonds. The quantitative estimate of drug-likeness (QED) is 0.183. The molecule has 0 spiro atoms. The summed E-state index contributed by atoms with van der Waals surface area (Å²) in [5, 5.41) is 55.8. The van der Waals surface area contributed by atoms with E-state index in [1.807, 2.05) is 0 Å². The molecule has 0 bridgehead atoms. The van der Waals surface area contributed by atoms with Gasteiger partial charge in [-0.1, -0.05) is 12.1 Å². The third-order valence-corrected chi connectivity index (χ3v) is 4.76. The zero-order chi connectivity index (χ0) is 24.5. The number of hydrogen-bond acceptors (Lipinski definition) is 8. The van der Waals surface area contributed by atoms with Gasteiger partial charge in [-0.3, -0.25) is 14.4 Å². The predicted octanol–water partition coefficient (Wildman–Crippen LogP) is 0.315.